The van der Waals surface area contributed by atoms with Gasteiger partial charge >= 0.3 is 0 Å². The lowest BCUT2D eigenvalue weighted by Gasteiger charge is -2.53. The molecule has 0 aromatic carbocycles. The van der Waals surface area contributed by atoms with Crippen molar-refractivity contribution in [2.45, 2.75) is 68.0 Å². The smallest absolute Gasteiger partial charge is 0.280 e. The van der Waals surface area contributed by atoms with Crippen molar-refractivity contribution in [2.24, 2.45) is 0 Å². The second kappa shape index (κ2) is 6.01. The summed E-state index contributed by atoms with van der Waals surface area (Å²) in [6.45, 7) is 1.71. The van der Waals surface area contributed by atoms with E-state index in [9.17, 15) is 20.1 Å². The molecule has 0 aromatic rings. The molecule has 3 aliphatic rings. The van der Waals surface area contributed by atoms with E-state index in [1.165, 1.54) is 0 Å². The van der Waals surface area contributed by atoms with Crippen LogP contribution in [0.3, 0.4) is 0 Å². The van der Waals surface area contributed by atoms with Crippen molar-refractivity contribution in [1.29, 1.82) is 0 Å². The number of ketones is 1. The Balaban J connectivity index is 1.92. The molecule has 0 amide bonds. The summed E-state index contributed by atoms with van der Waals surface area (Å²) in [4.78, 5) is 12.2. The number of ether oxygens (including phenoxy) is 3. The van der Waals surface area contributed by atoms with Crippen LogP contribution in [-0.2, 0) is 19.0 Å². The minimum Gasteiger partial charge on any atom is -0.384 e. The maximum Gasteiger partial charge on any atom is 0.280 e. The second-order valence-electron chi connectivity index (χ2n) is 6.59. The van der Waals surface area contributed by atoms with Crippen molar-refractivity contribution in [1.82, 2.24) is 0 Å². The van der Waals surface area contributed by atoms with Gasteiger partial charge in [0.1, 0.15) is 30.4 Å². The lowest BCUT2D eigenvalue weighted by molar-refractivity contribution is -0.731. The van der Waals surface area contributed by atoms with E-state index in [1.54, 1.807) is 31.7 Å². The van der Waals surface area contributed by atoms with E-state index >= 15 is 0 Å². The van der Waals surface area contributed by atoms with Crippen LogP contribution in [0.2, 0.25) is 0 Å². The molecule has 2 aliphatic heterocycles. The number of carbonyl (C=O) groups is 1. The zero-order valence-electron chi connectivity index (χ0n) is 13.5. The van der Waals surface area contributed by atoms with E-state index < -0.39 is 60.5 Å². The monoisotopic (exact) mass is 334 g/mol. The zero-order chi connectivity index (χ0) is 16.9. The first-order valence-electron chi connectivity index (χ1n) is 8.03. The van der Waals surface area contributed by atoms with Crippen LogP contribution in [0.4, 0.5) is 0 Å². The number of Topliss-reactive ketones (excluding diaryl/α,β-unsaturated/α-hetero) is 1. The fraction of sp³-hybridized carbons (Fsp3) is 0.929. The Morgan fingerprint density at radius 1 is 1.09 bits per heavy atom. The van der Waals surface area contributed by atoms with Crippen LogP contribution in [-0.4, -0.2) is 89.9 Å². The highest BCUT2D eigenvalue weighted by atomic mass is 16.8. The van der Waals surface area contributed by atoms with Crippen molar-refractivity contribution >= 4 is 5.78 Å². The molecule has 7 N–H and O–H groups in total. The maximum atomic E-state index is 12.2. The summed E-state index contributed by atoms with van der Waals surface area (Å²) in [5.74, 6) is -2.71. The normalized spacial score (nSPS) is 53.6. The Morgan fingerprint density at radius 3 is 2.35 bits per heavy atom. The van der Waals surface area contributed by atoms with Crippen LogP contribution in [0.25, 0.3) is 0 Å². The third-order valence-corrected chi connectivity index (χ3v) is 5.14. The summed E-state index contributed by atoms with van der Waals surface area (Å²) < 4.78 is 16.9. The van der Waals surface area contributed by atoms with Gasteiger partial charge in [-0.2, -0.15) is 0 Å². The molecule has 3 rings (SSSR count). The van der Waals surface area contributed by atoms with E-state index in [4.69, 9.17) is 14.2 Å². The Bertz CT molecular complexity index is 478. The first-order chi connectivity index (χ1) is 10.8. The van der Waals surface area contributed by atoms with Gasteiger partial charge in [-0.25, -0.2) is 0 Å². The van der Waals surface area contributed by atoms with Crippen molar-refractivity contribution < 1.29 is 45.0 Å². The molecule has 0 bridgehead atoms. The predicted molar refractivity (Wildman–Crippen MR) is 73.9 cm³/mol. The number of nitrogens with two attached hydrogens (primary N) is 2. The molecule has 9 heteroatoms. The van der Waals surface area contributed by atoms with Gasteiger partial charge in [0.2, 0.25) is 6.29 Å². The lowest BCUT2D eigenvalue weighted by Crippen LogP contribution is -3.03. The number of carbonyl (C=O) groups excluding carboxylic acids is 1. The summed E-state index contributed by atoms with van der Waals surface area (Å²) in [5.41, 5.74) is 0. The topological polar surface area (TPSA) is 139 Å². The van der Waals surface area contributed by atoms with Gasteiger partial charge in [0, 0.05) is 6.42 Å². The highest BCUT2D eigenvalue weighted by molar-refractivity contribution is 5.87. The number of aliphatic hydroxyl groups is 3. The van der Waals surface area contributed by atoms with Crippen molar-refractivity contribution in [3.05, 3.63) is 0 Å². The minimum atomic E-state index is -2.20. The highest BCUT2D eigenvalue weighted by Crippen LogP contribution is 2.39. The van der Waals surface area contributed by atoms with Crippen molar-refractivity contribution in [3.8, 4) is 0 Å². The highest BCUT2D eigenvalue weighted by Gasteiger charge is 2.65. The van der Waals surface area contributed by atoms with Gasteiger partial charge in [-0.1, -0.05) is 0 Å². The van der Waals surface area contributed by atoms with E-state index in [-0.39, 0.29) is 6.42 Å². The fourth-order valence-electron chi connectivity index (χ4n) is 3.86. The molecule has 2 heterocycles. The molecule has 0 aromatic heterocycles. The van der Waals surface area contributed by atoms with Gasteiger partial charge in [0.15, 0.2) is 11.9 Å². The Kier molecular flexibility index (Phi) is 4.49. The van der Waals surface area contributed by atoms with Crippen LogP contribution in [0, 0.1) is 0 Å². The number of rotatable bonds is 2. The number of aliphatic hydroxyl groups excluding tert-OH is 2. The molecule has 2 saturated heterocycles. The van der Waals surface area contributed by atoms with E-state index in [1.807, 2.05) is 0 Å². The molecule has 1 aliphatic carbocycles. The molecule has 9 atom stereocenters. The molecule has 0 radical (unpaired) electrons. The Hall–Kier alpha value is -0.650. The molecular formula is C14H26N2O7+2. The Morgan fingerprint density at radius 2 is 1.74 bits per heavy atom. The number of hydrogen-bond acceptors (Lipinski definition) is 7. The van der Waals surface area contributed by atoms with Gasteiger partial charge in [-0.05, 0) is 6.92 Å². The van der Waals surface area contributed by atoms with Gasteiger partial charge < -0.3 is 40.2 Å². The summed E-state index contributed by atoms with van der Waals surface area (Å²) in [6, 6.07) is -0.981. The third kappa shape index (κ3) is 2.52. The average Bonchev–Trinajstić information content (AvgIpc) is 2.49. The first-order valence-corrected chi connectivity index (χ1v) is 8.03. The van der Waals surface area contributed by atoms with E-state index in [2.05, 4.69) is 0 Å². The standard InChI is InChI=1S/C14H24N2O7/c1-5-4-6(17)14(20)13(21-5)22-12-10(19)7(15-2)9(18)8(16-3)11(12)23-14/h5,7-13,15-16,18-20H,4H2,1-3H3/p+2. The van der Waals surface area contributed by atoms with Crippen LogP contribution in [0.15, 0.2) is 0 Å². The number of hydrogen-bond donors (Lipinski definition) is 5. The minimum absolute atomic E-state index is 0.0186. The summed E-state index contributed by atoms with van der Waals surface area (Å²) in [7, 11) is 3.52. The summed E-state index contributed by atoms with van der Waals surface area (Å²) in [6.07, 6.45) is -5.20. The molecular weight excluding hydrogens is 308 g/mol. The fourth-order valence-corrected chi connectivity index (χ4v) is 3.86. The van der Waals surface area contributed by atoms with Crippen molar-refractivity contribution in [2.75, 3.05) is 14.1 Å². The molecule has 3 fully saturated rings. The van der Waals surface area contributed by atoms with Gasteiger partial charge in [-0.3, -0.25) is 4.79 Å². The molecule has 23 heavy (non-hydrogen) atoms. The zero-order valence-corrected chi connectivity index (χ0v) is 13.5. The Labute approximate surface area is 133 Å². The number of quaternary nitrogens is 2. The summed E-state index contributed by atoms with van der Waals surface area (Å²) in [5, 5.41) is 35.1. The van der Waals surface area contributed by atoms with Crippen LogP contribution < -0.4 is 10.6 Å². The SMILES string of the molecule is C[NH2+]C1C(O)C([NH2+]C)C2OC3(O)C(=O)CC(C)OC3OC2C1O. The van der Waals surface area contributed by atoms with E-state index in [0.29, 0.717) is 0 Å². The van der Waals surface area contributed by atoms with E-state index in [0.717, 1.165) is 0 Å². The number of likely N-dealkylation sites (N-methyl/N-ethyl adjacent to an activating group) is 2. The lowest BCUT2D eigenvalue weighted by atomic mass is 9.80. The summed E-state index contributed by atoms with van der Waals surface area (Å²) >= 11 is 0. The van der Waals surface area contributed by atoms with Crippen LogP contribution in [0.1, 0.15) is 13.3 Å². The quantitative estimate of drug-likeness (QED) is 0.341. The maximum absolute atomic E-state index is 12.2. The van der Waals surface area contributed by atoms with Crippen LogP contribution in [0.5, 0.6) is 0 Å². The first kappa shape index (κ1) is 17.2. The largest absolute Gasteiger partial charge is 0.384 e. The van der Waals surface area contributed by atoms with Crippen LogP contribution >= 0.6 is 0 Å². The van der Waals surface area contributed by atoms with Gasteiger partial charge in [0.25, 0.3) is 5.79 Å². The molecule has 1 saturated carbocycles. The average molecular weight is 334 g/mol. The molecule has 132 valence electrons. The second-order valence-corrected chi connectivity index (χ2v) is 6.59. The molecule has 9 unspecified atom stereocenters. The van der Waals surface area contributed by atoms with Gasteiger partial charge in [-0.15, -0.1) is 0 Å². The molecule has 0 spiro atoms. The predicted octanol–water partition coefficient (Wildman–Crippen LogP) is -4.98. The number of fused-ring (bicyclic) bond motifs is 2. The van der Waals surface area contributed by atoms with Crippen molar-refractivity contribution in [3.63, 3.8) is 0 Å². The molecule has 9 nitrogen and oxygen atoms in total. The third-order valence-electron chi connectivity index (χ3n) is 5.14. The van der Waals surface area contributed by atoms with Gasteiger partial charge in [0.05, 0.1) is 20.2 Å².